The first-order valence-electron chi connectivity index (χ1n) is 21.2. The van der Waals surface area contributed by atoms with E-state index in [2.05, 4.69) is 229 Å². The Bertz CT molecular complexity index is 3940. The molecule has 2 heterocycles. The molecule has 0 radical (unpaired) electrons. The number of para-hydroxylation sites is 2. The summed E-state index contributed by atoms with van der Waals surface area (Å²) in [7, 11) is 0. The van der Waals surface area contributed by atoms with Gasteiger partial charge in [-0.25, -0.2) is 0 Å². The first-order valence-corrected chi connectivity index (χ1v) is 21.2. The second kappa shape index (κ2) is 13.3. The van der Waals surface area contributed by atoms with Crippen LogP contribution in [0.1, 0.15) is 0 Å². The molecule has 0 aliphatic heterocycles. The van der Waals surface area contributed by atoms with Crippen LogP contribution in [0.25, 0.3) is 125 Å². The van der Waals surface area contributed by atoms with Gasteiger partial charge in [0.15, 0.2) is 0 Å². The normalized spacial score (nSPS) is 11.9. The summed E-state index contributed by atoms with van der Waals surface area (Å²) in [4.78, 5) is 0. The monoisotopic (exact) mass is 771 g/mol. The Morgan fingerprint density at radius 3 is 1.34 bits per heavy atom. The van der Waals surface area contributed by atoms with Crippen LogP contribution in [0.2, 0.25) is 0 Å². The molecule has 0 amide bonds. The maximum atomic E-state index is 2.52. The Labute approximate surface area is 352 Å². The fourth-order valence-corrected chi connectivity index (χ4v) is 10.5. The van der Waals surface area contributed by atoms with Gasteiger partial charge >= 0.3 is 0 Å². The Balaban J connectivity index is 1.08. The summed E-state index contributed by atoms with van der Waals surface area (Å²) in [6.45, 7) is 0. The molecule has 0 unspecified atom stereocenters. The van der Waals surface area contributed by atoms with Gasteiger partial charge in [-0.15, -0.1) is 0 Å². The lowest BCUT2D eigenvalue weighted by atomic mass is 9.84. The number of rotatable bonds is 3. The molecule has 1 nitrogen and oxygen atoms in total. The van der Waals surface area contributed by atoms with Crippen LogP contribution < -0.4 is 0 Å². The van der Waals surface area contributed by atoms with Crippen molar-refractivity contribution in [1.29, 1.82) is 0 Å². The van der Waals surface area contributed by atoms with E-state index in [1.807, 2.05) is 0 Å². The average molecular weight is 772 g/mol. The Kier molecular flexibility index (Phi) is 7.37. The third-order valence-corrected chi connectivity index (χ3v) is 13.1. The van der Waals surface area contributed by atoms with Gasteiger partial charge in [0.2, 0.25) is 0 Å². The molecule has 0 saturated heterocycles. The highest BCUT2D eigenvalue weighted by atomic mass is 14.9. The molecule has 0 bridgehead atoms. The fourth-order valence-electron chi connectivity index (χ4n) is 10.5. The summed E-state index contributed by atoms with van der Waals surface area (Å²) in [6.07, 6.45) is 0. The van der Waals surface area contributed by atoms with Crippen molar-refractivity contribution in [3.63, 3.8) is 0 Å². The summed E-state index contributed by atoms with van der Waals surface area (Å²) in [5.74, 6) is 0. The van der Waals surface area contributed by atoms with E-state index >= 15 is 0 Å². The van der Waals surface area contributed by atoms with Gasteiger partial charge in [0, 0.05) is 21.5 Å². The van der Waals surface area contributed by atoms with Gasteiger partial charge in [-0.1, -0.05) is 200 Å². The van der Waals surface area contributed by atoms with Crippen molar-refractivity contribution in [1.82, 2.24) is 4.40 Å². The molecule has 282 valence electrons. The van der Waals surface area contributed by atoms with E-state index in [9.17, 15) is 0 Å². The molecule has 11 aromatic carbocycles. The Morgan fingerprint density at radius 1 is 0.230 bits per heavy atom. The van der Waals surface area contributed by atoms with Crippen molar-refractivity contribution in [3.05, 3.63) is 224 Å². The topological polar surface area (TPSA) is 4.41 Å². The van der Waals surface area contributed by atoms with E-state index in [1.165, 1.54) is 125 Å². The van der Waals surface area contributed by atoms with Crippen LogP contribution in [0.15, 0.2) is 224 Å². The van der Waals surface area contributed by atoms with Crippen LogP contribution in [0.5, 0.6) is 0 Å². The molecule has 0 fully saturated rings. The van der Waals surface area contributed by atoms with Crippen molar-refractivity contribution < 1.29 is 0 Å². The van der Waals surface area contributed by atoms with Gasteiger partial charge < -0.3 is 4.40 Å². The minimum atomic E-state index is 1.19. The summed E-state index contributed by atoms with van der Waals surface area (Å²) >= 11 is 0. The van der Waals surface area contributed by atoms with E-state index in [0.717, 1.165) is 0 Å². The molecule has 61 heavy (non-hydrogen) atoms. The first kappa shape index (κ1) is 33.9. The standard InChI is InChI=1S/C60H37N/c1-2-20-42-38(16-1)17-14-30-48(42)59-51-28-9-7-26-49(51)58(50-27-8-10-29-52(50)59)41-19-13-18-39(36-41)40-34-35-57-55(37-40)54-32-15-31-53-46-24-6-4-22-44(46)43-21-3-5-23-45(43)47-25-11-12-33-56(47)61(57)60(53)54/h1-37H. The van der Waals surface area contributed by atoms with Crippen molar-refractivity contribution in [2.45, 2.75) is 0 Å². The zero-order chi connectivity index (χ0) is 40.0. The van der Waals surface area contributed by atoms with Crippen molar-refractivity contribution in [2.75, 3.05) is 0 Å². The number of hydrogen-bond acceptors (Lipinski definition) is 0. The lowest BCUT2D eigenvalue weighted by Gasteiger charge is -2.19. The summed E-state index contributed by atoms with van der Waals surface area (Å²) < 4.78 is 2.52. The van der Waals surface area contributed by atoms with Crippen LogP contribution in [-0.4, -0.2) is 4.40 Å². The van der Waals surface area contributed by atoms with E-state index in [1.54, 1.807) is 0 Å². The Morgan fingerprint density at radius 2 is 0.656 bits per heavy atom. The summed E-state index contributed by atoms with van der Waals surface area (Å²) in [5, 5.41) is 17.5. The second-order valence-corrected chi connectivity index (χ2v) is 16.3. The molecule has 13 aromatic rings. The highest BCUT2D eigenvalue weighted by Crippen LogP contribution is 2.46. The molecule has 0 aliphatic carbocycles. The SMILES string of the molecule is c1cc(-c2ccc3c(c2)c2cccc4c5ccccc5c5ccccc5c5ccccc5n3c42)cc(-c2c3ccccc3c(-c3cccc4ccccc34)c3ccccc23)c1. The number of hydrogen-bond donors (Lipinski definition) is 0. The maximum absolute atomic E-state index is 2.52. The van der Waals surface area contributed by atoms with E-state index < -0.39 is 0 Å². The zero-order valence-electron chi connectivity index (χ0n) is 33.3. The van der Waals surface area contributed by atoms with E-state index in [0.29, 0.717) is 0 Å². The lowest BCUT2D eigenvalue weighted by molar-refractivity contribution is 1.35. The van der Waals surface area contributed by atoms with Gasteiger partial charge in [0.1, 0.15) is 0 Å². The molecule has 13 rings (SSSR count). The predicted octanol–water partition coefficient (Wildman–Crippen LogP) is 16.7. The third-order valence-electron chi connectivity index (χ3n) is 13.1. The van der Waals surface area contributed by atoms with E-state index in [4.69, 9.17) is 0 Å². The number of nitrogens with zero attached hydrogens (tertiary/aromatic N) is 1. The highest BCUT2D eigenvalue weighted by Gasteiger charge is 2.19. The van der Waals surface area contributed by atoms with Crippen molar-refractivity contribution >= 4 is 92.0 Å². The Hall–Kier alpha value is -8.00. The quantitative estimate of drug-likeness (QED) is 0.158. The van der Waals surface area contributed by atoms with Gasteiger partial charge in [0.05, 0.1) is 16.6 Å². The number of benzene rings is 11. The number of fused-ring (bicyclic) bond motifs is 13. The summed E-state index contributed by atoms with van der Waals surface area (Å²) in [5.41, 5.74) is 11.1. The van der Waals surface area contributed by atoms with Gasteiger partial charge in [-0.2, -0.15) is 0 Å². The smallest absolute Gasteiger partial charge is 0.0619 e. The predicted molar refractivity (Wildman–Crippen MR) is 263 cm³/mol. The fraction of sp³-hybridized carbons (Fsp3) is 0. The van der Waals surface area contributed by atoms with E-state index in [-0.39, 0.29) is 0 Å². The largest absolute Gasteiger partial charge is 0.308 e. The van der Waals surface area contributed by atoms with Crippen LogP contribution in [0.3, 0.4) is 0 Å². The second-order valence-electron chi connectivity index (χ2n) is 16.3. The van der Waals surface area contributed by atoms with Crippen LogP contribution in [0, 0.1) is 0 Å². The minimum absolute atomic E-state index is 1.19. The van der Waals surface area contributed by atoms with Crippen LogP contribution in [-0.2, 0) is 0 Å². The van der Waals surface area contributed by atoms with Gasteiger partial charge in [-0.3, -0.25) is 0 Å². The molecular formula is C60H37N. The van der Waals surface area contributed by atoms with Gasteiger partial charge in [0.25, 0.3) is 0 Å². The zero-order valence-corrected chi connectivity index (χ0v) is 33.3. The molecule has 0 saturated carbocycles. The number of aromatic nitrogens is 1. The van der Waals surface area contributed by atoms with Crippen molar-refractivity contribution in [3.8, 4) is 33.4 Å². The molecule has 2 aromatic heterocycles. The minimum Gasteiger partial charge on any atom is -0.308 e. The molecule has 0 N–H and O–H groups in total. The van der Waals surface area contributed by atoms with Crippen LogP contribution in [0.4, 0.5) is 0 Å². The van der Waals surface area contributed by atoms with Crippen LogP contribution >= 0.6 is 0 Å². The first-order chi connectivity index (χ1) is 30.3. The molecule has 0 spiro atoms. The molecule has 0 atom stereocenters. The highest BCUT2D eigenvalue weighted by molar-refractivity contribution is 6.26. The average Bonchev–Trinajstić information content (AvgIpc) is 3.68. The maximum Gasteiger partial charge on any atom is 0.0619 e. The lowest BCUT2D eigenvalue weighted by Crippen LogP contribution is -1.92. The molecule has 1 heteroatoms. The molecular weight excluding hydrogens is 735 g/mol. The van der Waals surface area contributed by atoms with Gasteiger partial charge in [-0.05, 0) is 112 Å². The molecule has 0 aliphatic rings. The van der Waals surface area contributed by atoms with Crippen molar-refractivity contribution in [2.24, 2.45) is 0 Å². The summed E-state index contributed by atoms with van der Waals surface area (Å²) in [6, 6.07) is 83.2. The third kappa shape index (κ3) is 5.02.